The predicted octanol–water partition coefficient (Wildman–Crippen LogP) is 4.28. The molecule has 2 aromatic rings. The number of rotatable bonds is 0. The van der Waals surface area contributed by atoms with Gasteiger partial charge in [0.2, 0.25) is 0 Å². The smallest absolute Gasteiger partial charge is 0.0504 e. The predicted molar refractivity (Wildman–Crippen MR) is 86.4 cm³/mol. The Bertz CT molecular complexity index is 671. The standard InChI is InChI=1S/C19H24N2/c1-2-6-14-12-21-10-9-16-15-7-3-4-8-17(15)20-19(16)18(21)11-13(14)5-1/h3-4,7-8,13-14,18,20H,1-2,5-6,9-12H2/t13-,14+,18-/m0/s1. The summed E-state index contributed by atoms with van der Waals surface area (Å²) in [5.41, 5.74) is 4.50. The van der Waals surface area contributed by atoms with Gasteiger partial charge in [-0.05, 0) is 42.7 Å². The summed E-state index contributed by atoms with van der Waals surface area (Å²) in [6, 6.07) is 9.54. The third kappa shape index (κ3) is 1.81. The zero-order valence-electron chi connectivity index (χ0n) is 12.6. The van der Waals surface area contributed by atoms with Crippen molar-refractivity contribution in [2.45, 2.75) is 44.6 Å². The number of piperidine rings is 1. The van der Waals surface area contributed by atoms with Crippen LogP contribution in [0.5, 0.6) is 0 Å². The second-order valence-electron chi connectivity index (χ2n) is 7.36. The molecule has 1 aromatic heterocycles. The zero-order chi connectivity index (χ0) is 13.8. The lowest BCUT2D eigenvalue weighted by Gasteiger charge is -2.48. The van der Waals surface area contributed by atoms with Crippen LogP contribution >= 0.6 is 0 Å². The highest BCUT2D eigenvalue weighted by Crippen LogP contribution is 2.46. The van der Waals surface area contributed by atoms with E-state index in [0.717, 1.165) is 11.8 Å². The molecule has 1 aromatic carbocycles. The molecule has 2 aliphatic heterocycles. The number of aromatic nitrogens is 1. The summed E-state index contributed by atoms with van der Waals surface area (Å²) < 4.78 is 0. The lowest BCUT2D eigenvalue weighted by Crippen LogP contribution is -2.46. The number of benzene rings is 1. The number of fused-ring (bicyclic) bond motifs is 6. The van der Waals surface area contributed by atoms with Crippen LogP contribution in [0.3, 0.4) is 0 Å². The van der Waals surface area contributed by atoms with Gasteiger partial charge in [0, 0.05) is 29.7 Å². The van der Waals surface area contributed by atoms with E-state index in [9.17, 15) is 0 Å². The second-order valence-corrected chi connectivity index (χ2v) is 7.36. The van der Waals surface area contributed by atoms with Gasteiger partial charge in [-0.15, -0.1) is 0 Å². The van der Waals surface area contributed by atoms with Gasteiger partial charge < -0.3 is 4.98 Å². The maximum Gasteiger partial charge on any atom is 0.0504 e. The van der Waals surface area contributed by atoms with E-state index >= 15 is 0 Å². The molecule has 0 bridgehead atoms. The minimum Gasteiger partial charge on any atom is -0.357 e. The first-order chi connectivity index (χ1) is 10.4. The third-order valence-electron chi connectivity index (χ3n) is 6.33. The van der Waals surface area contributed by atoms with Crippen molar-refractivity contribution < 1.29 is 0 Å². The Kier molecular flexibility index (Phi) is 2.69. The molecule has 3 heterocycles. The van der Waals surface area contributed by atoms with Crippen LogP contribution in [-0.2, 0) is 6.42 Å². The molecule has 1 N–H and O–H groups in total. The van der Waals surface area contributed by atoms with Gasteiger partial charge in [-0.2, -0.15) is 0 Å². The molecule has 3 atom stereocenters. The van der Waals surface area contributed by atoms with E-state index in [1.807, 2.05) is 0 Å². The van der Waals surface area contributed by atoms with Crippen molar-refractivity contribution in [3.8, 4) is 0 Å². The summed E-state index contributed by atoms with van der Waals surface area (Å²) in [6.07, 6.45) is 8.51. The molecule has 0 spiro atoms. The Labute approximate surface area is 126 Å². The van der Waals surface area contributed by atoms with Gasteiger partial charge in [-0.1, -0.05) is 37.5 Å². The highest BCUT2D eigenvalue weighted by molar-refractivity contribution is 5.85. The lowest BCUT2D eigenvalue weighted by molar-refractivity contribution is 0.0308. The molecule has 3 aliphatic rings. The summed E-state index contributed by atoms with van der Waals surface area (Å²) in [7, 11) is 0. The number of hydrogen-bond donors (Lipinski definition) is 1. The topological polar surface area (TPSA) is 19.0 Å². The Balaban J connectivity index is 1.56. The first kappa shape index (κ1) is 12.3. The molecule has 1 saturated carbocycles. The summed E-state index contributed by atoms with van der Waals surface area (Å²) in [4.78, 5) is 6.55. The maximum atomic E-state index is 3.77. The monoisotopic (exact) mass is 280 g/mol. The fraction of sp³-hybridized carbons (Fsp3) is 0.579. The Morgan fingerprint density at radius 3 is 2.86 bits per heavy atom. The van der Waals surface area contributed by atoms with E-state index in [1.54, 1.807) is 11.3 Å². The Hall–Kier alpha value is -1.28. The van der Waals surface area contributed by atoms with Crippen LogP contribution in [0.15, 0.2) is 24.3 Å². The van der Waals surface area contributed by atoms with E-state index in [4.69, 9.17) is 0 Å². The van der Waals surface area contributed by atoms with Crippen LogP contribution in [0, 0.1) is 11.8 Å². The van der Waals surface area contributed by atoms with Gasteiger partial charge in [-0.3, -0.25) is 4.90 Å². The average molecular weight is 280 g/mol. The number of H-pyrrole nitrogens is 1. The average Bonchev–Trinajstić information content (AvgIpc) is 2.92. The quantitative estimate of drug-likeness (QED) is 0.763. The van der Waals surface area contributed by atoms with Crippen molar-refractivity contribution in [1.82, 2.24) is 9.88 Å². The molecule has 2 fully saturated rings. The molecule has 21 heavy (non-hydrogen) atoms. The molecule has 0 unspecified atom stereocenters. The highest BCUT2D eigenvalue weighted by atomic mass is 15.2. The number of aromatic amines is 1. The normalized spacial score (nSPS) is 32.5. The minimum atomic E-state index is 0.667. The molecule has 1 aliphatic carbocycles. The molecule has 110 valence electrons. The van der Waals surface area contributed by atoms with Crippen molar-refractivity contribution in [3.63, 3.8) is 0 Å². The first-order valence-corrected chi connectivity index (χ1v) is 8.73. The number of para-hydroxylation sites is 1. The fourth-order valence-corrected chi connectivity index (χ4v) is 5.28. The van der Waals surface area contributed by atoms with Gasteiger partial charge >= 0.3 is 0 Å². The van der Waals surface area contributed by atoms with Gasteiger partial charge in [0.1, 0.15) is 0 Å². The molecule has 2 heteroatoms. The maximum absolute atomic E-state index is 3.77. The van der Waals surface area contributed by atoms with Crippen LogP contribution in [0.1, 0.15) is 49.4 Å². The summed E-state index contributed by atoms with van der Waals surface area (Å²) in [6.45, 7) is 2.62. The zero-order valence-corrected chi connectivity index (χ0v) is 12.6. The Morgan fingerprint density at radius 1 is 1.05 bits per heavy atom. The minimum absolute atomic E-state index is 0.667. The molecule has 0 amide bonds. The summed E-state index contributed by atoms with van der Waals surface area (Å²) in [5.74, 6) is 1.97. The summed E-state index contributed by atoms with van der Waals surface area (Å²) in [5, 5.41) is 1.47. The van der Waals surface area contributed by atoms with E-state index in [0.29, 0.717) is 6.04 Å². The van der Waals surface area contributed by atoms with Gasteiger partial charge in [0.25, 0.3) is 0 Å². The van der Waals surface area contributed by atoms with Crippen molar-refractivity contribution >= 4 is 10.9 Å². The summed E-state index contributed by atoms with van der Waals surface area (Å²) >= 11 is 0. The number of nitrogens with zero attached hydrogens (tertiary/aromatic N) is 1. The van der Waals surface area contributed by atoms with Gasteiger partial charge in [0.15, 0.2) is 0 Å². The van der Waals surface area contributed by atoms with Crippen molar-refractivity contribution in [2.24, 2.45) is 11.8 Å². The van der Waals surface area contributed by atoms with Crippen LogP contribution in [0.4, 0.5) is 0 Å². The van der Waals surface area contributed by atoms with Gasteiger partial charge in [0.05, 0.1) is 6.04 Å². The van der Waals surface area contributed by atoms with Crippen molar-refractivity contribution in [3.05, 3.63) is 35.5 Å². The van der Waals surface area contributed by atoms with E-state index in [2.05, 4.69) is 34.1 Å². The number of nitrogens with one attached hydrogen (secondary N) is 1. The second kappa shape index (κ2) is 4.61. The van der Waals surface area contributed by atoms with Crippen LogP contribution in [0.2, 0.25) is 0 Å². The van der Waals surface area contributed by atoms with E-state index < -0.39 is 0 Å². The number of hydrogen-bond acceptors (Lipinski definition) is 1. The molecule has 2 nitrogen and oxygen atoms in total. The molecular weight excluding hydrogens is 256 g/mol. The lowest BCUT2D eigenvalue weighted by atomic mass is 9.71. The van der Waals surface area contributed by atoms with Crippen LogP contribution < -0.4 is 0 Å². The fourth-order valence-electron chi connectivity index (χ4n) is 5.28. The first-order valence-electron chi connectivity index (χ1n) is 8.73. The molecule has 5 rings (SSSR count). The molecule has 1 saturated heterocycles. The molecular formula is C19H24N2. The van der Waals surface area contributed by atoms with Crippen molar-refractivity contribution in [1.29, 1.82) is 0 Å². The SMILES string of the molecule is c1ccc2c3c([nH]c2c1)[C@@H]1C[C@@H]2CCCC[C@@H]2CN1CC3. The largest absolute Gasteiger partial charge is 0.357 e. The highest BCUT2D eigenvalue weighted by Gasteiger charge is 2.40. The van der Waals surface area contributed by atoms with Crippen molar-refractivity contribution in [2.75, 3.05) is 13.1 Å². The van der Waals surface area contributed by atoms with E-state index in [1.165, 1.54) is 62.5 Å². The Morgan fingerprint density at radius 2 is 1.90 bits per heavy atom. The van der Waals surface area contributed by atoms with E-state index in [-0.39, 0.29) is 0 Å². The third-order valence-corrected chi connectivity index (χ3v) is 6.33. The van der Waals surface area contributed by atoms with Crippen LogP contribution in [0.25, 0.3) is 10.9 Å². The van der Waals surface area contributed by atoms with Gasteiger partial charge in [-0.25, -0.2) is 0 Å². The van der Waals surface area contributed by atoms with Crippen LogP contribution in [-0.4, -0.2) is 23.0 Å². The molecule has 0 radical (unpaired) electrons.